The summed E-state index contributed by atoms with van der Waals surface area (Å²) in [6.07, 6.45) is 1.65. The second-order valence-corrected chi connectivity index (χ2v) is 9.40. The zero-order chi connectivity index (χ0) is 24.1. The summed E-state index contributed by atoms with van der Waals surface area (Å²) in [5.74, 6) is -0.189. The number of thiophene rings is 1. The van der Waals surface area contributed by atoms with Crippen LogP contribution in [0.3, 0.4) is 0 Å². The van der Waals surface area contributed by atoms with Gasteiger partial charge in [-0.2, -0.15) is 5.26 Å². The Morgan fingerprint density at radius 2 is 1.88 bits per heavy atom. The first kappa shape index (κ1) is 23.5. The number of carbonyl (C=O) groups excluding carboxylic acids is 1. The Labute approximate surface area is 205 Å². The average Bonchev–Trinajstić information content (AvgIpc) is 3.20. The summed E-state index contributed by atoms with van der Waals surface area (Å²) in [6.45, 7) is 5.95. The lowest BCUT2D eigenvalue weighted by molar-refractivity contribution is -0.116. The molecule has 0 saturated carbocycles. The lowest BCUT2D eigenvalue weighted by Crippen LogP contribution is -2.33. The average molecular weight is 487 g/mol. The minimum Gasteiger partial charge on any atom is -0.298 e. The van der Waals surface area contributed by atoms with Crippen molar-refractivity contribution in [2.75, 3.05) is 17.2 Å². The Hall–Kier alpha value is -3.67. The summed E-state index contributed by atoms with van der Waals surface area (Å²) >= 11 is 2.67. The molecule has 0 unspecified atom stereocenters. The third-order valence-electron chi connectivity index (χ3n) is 5.29. The molecule has 34 heavy (non-hydrogen) atoms. The molecule has 6 nitrogen and oxygen atoms in total. The minimum atomic E-state index is -0.232. The number of anilines is 1. The molecule has 4 rings (SSSR count). The van der Waals surface area contributed by atoms with E-state index in [-0.39, 0.29) is 30.3 Å². The molecule has 0 N–H and O–H groups in total. The van der Waals surface area contributed by atoms with Gasteiger partial charge in [0.2, 0.25) is 5.91 Å². The standard InChI is InChI=1S/C26H22N4O2S2/c1-3-15-30-25(32)22-18(2)23(19-10-6-4-7-11-19)34-24(22)28-26(30)33-17-21(31)29(16-14-27)20-12-8-5-9-13-20/h3-13H,1,15-17H2,2H3. The van der Waals surface area contributed by atoms with Gasteiger partial charge >= 0.3 is 0 Å². The molecule has 4 aromatic rings. The second kappa shape index (κ2) is 10.5. The highest BCUT2D eigenvalue weighted by Crippen LogP contribution is 2.36. The molecule has 0 fully saturated rings. The topological polar surface area (TPSA) is 79.0 Å². The third-order valence-corrected chi connectivity index (χ3v) is 7.48. The minimum absolute atomic E-state index is 0.0432. The fourth-order valence-corrected chi connectivity index (χ4v) is 5.78. The SMILES string of the molecule is C=CCn1c(SCC(=O)N(CC#N)c2ccccc2)nc2sc(-c3ccccc3)c(C)c2c1=O. The Bertz CT molecular complexity index is 1440. The van der Waals surface area contributed by atoms with Gasteiger partial charge in [-0.05, 0) is 30.2 Å². The highest BCUT2D eigenvalue weighted by molar-refractivity contribution is 7.99. The van der Waals surface area contributed by atoms with Crippen LogP contribution < -0.4 is 10.5 Å². The van der Waals surface area contributed by atoms with Gasteiger partial charge in [0.1, 0.15) is 11.4 Å². The predicted molar refractivity (Wildman–Crippen MR) is 139 cm³/mol. The maximum Gasteiger partial charge on any atom is 0.263 e. The fraction of sp³-hybridized carbons (Fsp3) is 0.154. The van der Waals surface area contributed by atoms with Crippen LogP contribution in [0.2, 0.25) is 0 Å². The van der Waals surface area contributed by atoms with Gasteiger partial charge in [0.05, 0.1) is 17.2 Å². The van der Waals surface area contributed by atoms with E-state index in [4.69, 9.17) is 4.98 Å². The molecule has 0 aliphatic carbocycles. The van der Waals surface area contributed by atoms with Crippen LogP contribution in [0.5, 0.6) is 0 Å². The molecule has 1 amide bonds. The van der Waals surface area contributed by atoms with E-state index in [0.717, 1.165) is 16.0 Å². The number of nitrogens with zero attached hydrogens (tertiary/aromatic N) is 4. The van der Waals surface area contributed by atoms with Crippen molar-refractivity contribution in [1.82, 2.24) is 9.55 Å². The largest absolute Gasteiger partial charge is 0.298 e. The molecule has 0 bridgehead atoms. The van der Waals surface area contributed by atoms with E-state index in [1.807, 2.05) is 61.5 Å². The summed E-state index contributed by atoms with van der Waals surface area (Å²) in [7, 11) is 0. The van der Waals surface area contributed by atoms with Crippen LogP contribution in [0.25, 0.3) is 20.7 Å². The molecule has 0 radical (unpaired) electrons. The summed E-state index contributed by atoms with van der Waals surface area (Å²) < 4.78 is 1.55. The first-order chi connectivity index (χ1) is 16.5. The number of nitriles is 1. The van der Waals surface area contributed by atoms with Crippen LogP contribution in [-0.4, -0.2) is 27.8 Å². The highest BCUT2D eigenvalue weighted by atomic mass is 32.2. The molecule has 0 spiro atoms. The van der Waals surface area contributed by atoms with Gasteiger partial charge in [-0.3, -0.25) is 19.1 Å². The number of benzene rings is 2. The Balaban J connectivity index is 1.70. The number of para-hydroxylation sites is 1. The fourth-order valence-electron chi connectivity index (χ4n) is 3.67. The van der Waals surface area contributed by atoms with Crippen molar-refractivity contribution in [3.63, 3.8) is 0 Å². The lowest BCUT2D eigenvalue weighted by atomic mass is 10.1. The van der Waals surface area contributed by atoms with E-state index in [1.165, 1.54) is 28.0 Å². The normalized spacial score (nSPS) is 10.7. The Morgan fingerprint density at radius 3 is 2.53 bits per heavy atom. The van der Waals surface area contributed by atoms with E-state index < -0.39 is 0 Å². The summed E-state index contributed by atoms with van der Waals surface area (Å²) in [6, 6.07) is 21.0. The summed E-state index contributed by atoms with van der Waals surface area (Å²) in [4.78, 5) is 34.3. The number of hydrogen-bond donors (Lipinski definition) is 0. The van der Waals surface area contributed by atoms with Gasteiger partial charge in [-0.1, -0.05) is 66.4 Å². The summed E-state index contributed by atoms with van der Waals surface area (Å²) in [5.41, 5.74) is 2.45. The molecule has 0 saturated heterocycles. The lowest BCUT2D eigenvalue weighted by Gasteiger charge is -2.19. The van der Waals surface area contributed by atoms with Gasteiger partial charge < -0.3 is 0 Å². The van der Waals surface area contributed by atoms with Crippen molar-refractivity contribution >= 4 is 44.9 Å². The third kappa shape index (κ3) is 4.67. The smallest absolute Gasteiger partial charge is 0.263 e. The zero-order valence-electron chi connectivity index (χ0n) is 18.6. The van der Waals surface area contributed by atoms with Crippen molar-refractivity contribution in [3.05, 3.63) is 89.2 Å². The van der Waals surface area contributed by atoms with Crippen molar-refractivity contribution in [2.24, 2.45) is 0 Å². The first-order valence-electron chi connectivity index (χ1n) is 10.6. The van der Waals surface area contributed by atoms with Crippen LogP contribution in [-0.2, 0) is 11.3 Å². The predicted octanol–water partition coefficient (Wildman–Crippen LogP) is 5.27. The number of fused-ring (bicyclic) bond motifs is 1. The maximum absolute atomic E-state index is 13.4. The van der Waals surface area contributed by atoms with E-state index in [0.29, 0.717) is 21.1 Å². The monoisotopic (exact) mass is 486 g/mol. The number of aryl methyl sites for hydroxylation is 1. The molecular weight excluding hydrogens is 464 g/mol. The molecule has 170 valence electrons. The molecule has 0 atom stereocenters. The number of amides is 1. The van der Waals surface area contributed by atoms with Crippen LogP contribution in [0.1, 0.15) is 5.56 Å². The Kier molecular flexibility index (Phi) is 7.26. The maximum atomic E-state index is 13.4. The van der Waals surface area contributed by atoms with Gasteiger partial charge in [0.25, 0.3) is 5.56 Å². The van der Waals surface area contributed by atoms with Crippen LogP contribution >= 0.6 is 23.1 Å². The van der Waals surface area contributed by atoms with Crippen molar-refractivity contribution in [2.45, 2.75) is 18.6 Å². The number of aromatic nitrogens is 2. The molecule has 0 aliphatic rings. The first-order valence-corrected chi connectivity index (χ1v) is 12.4. The van der Waals surface area contributed by atoms with E-state index in [9.17, 15) is 14.9 Å². The zero-order valence-corrected chi connectivity index (χ0v) is 20.2. The Morgan fingerprint density at radius 1 is 1.21 bits per heavy atom. The molecule has 8 heteroatoms. The number of carbonyl (C=O) groups is 1. The van der Waals surface area contributed by atoms with Gasteiger partial charge in [-0.25, -0.2) is 4.98 Å². The molecule has 2 aromatic carbocycles. The molecule has 2 aromatic heterocycles. The van der Waals surface area contributed by atoms with E-state index in [2.05, 4.69) is 6.58 Å². The quantitative estimate of drug-likeness (QED) is 0.147. The van der Waals surface area contributed by atoms with E-state index in [1.54, 1.807) is 22.8 Å². The van der Waals surface area contributed by atoms with Gasteiger partial charge in [-0.15, -0.1) is 17.9 Å². The van der Waals surface area contributed by atoms with Crippen LogP contribution in [0.4, 0.5) is 5.69 Å². The second-order valence-electron chi connectivity index (χ2n) is 7.46. The molecule has 0 aliphatic heterocycles. The van der Waals surface area contributed by atoms with Crippen molar-refractivity contribution < 1.29 is 4.79 Å². The van der Waals surface area contributed by atoms with Crippen molar-refractivity contribution in [3.8, 4) is 16.5 Å². The van der Waals surface area contributed by atoms with Crippen LogP contribution in [0.15, 0.2) is 83.3 Å². The number of hydrogen-bond acceptors (Lipinski definition) is 6. The number of rotatable bonds is 8. The van der Waals surface area contributed by atoms with Crippen LogP contribution in [0, 0.1) is 18.3 Å². The molecule has 2 heterocycles. The number of thioether (sulfide) groups is 1. The number of allylic oxidation sites excluding steroid dienone is 1. The van der Waals surface area contributed by atoms with Gasteiger partial charge in [0.15, 0.2) is 5.16 Å². The molecular formula is C26H22N4O2S2. The van der Waals surface area contributed by atoms with Gasteiger partial charge in [0, 0.05) is 17.1 Å². The summed E-state index contributed by atoms with van der Waals surface area (Å²) in [5, 5.41) is 10.3. The highest BCUT2D eigenvalue weighted by Gasteiger charge is 2.21. The van der Waals surface area contributed by atoms with Crippen molar-refractivity contribution in [1.29, 1.82) is 5.26 Å². The van der Waals surface area contributed by atoms with E-state index >= 15 is 0 Å².